The third kappa shape index (κ3) is 9.79. The molecule has 1 saturated heterocycles. The molecule has 192 valence electrons. The van der Waals surface area contributed by atoms with Gasteiger partial charge in [0.25, 0.3) is 0 Å². The Morgan fingerprint density at radius 3 is 2.26 bits per heavy atom. The van der Waals surface area contributed by atoms with Gasteiger partial charge in [0.05, 0.1) is 0 Å². The Kier molecular flexibility index (Phi) is 15.3. The molecule has 0 aliphatic carbocycles. The fourth-order valence-electron chi connectivity index (χ4n) is 4.41. The number of hydrogen-bond donors (Lipinski definition) is 0. The second-order valence-electron chi connectivity index (χ2n) is 8.80. The summed E-state index contributed by atoms with van der Waals surface area (Å²) in [6, 6.07) is 19.1. The number of benzene rings is 2. The van der Waals surface area contributed by atoms with Crippen LogP contribution in [0, 0.1) is 0 Å². The molecule has 0 radical (unpaired) electrons. The van der Waals surface area contributed by atoms with Crippen LogP contribution in [0.2, 0.25) is 0 Å². The molecule has 1 atom stereocenters. The van der Waals surface area contributed by atoms with Crippen molar-refractivity contribution in [3.63, 3.8) is 0 Å². The SMILES string of the molecule is C=CCC.CCC(=O)N1CCc2ccccc21.CCCC(=O)N1CCCC1Cc1ccccc1.I. The number of para-hydroxylation sites is 1. The minimum atomic E-state index is 0. The van der Waals surface area contributed by atoms with Crippen molar-refractivity contribution in [2.75, 3.05) is 18.0 Å². The molecule has 35 heavy (non-hydrogen) atoms. The molecule has 0 saturated carbocycles. The number of hydrogen-bond acceptors (Lipinski definition) is 2. The molecule has 0 spiro atoms. The maximum Gasteiger partial charge on any atom is 0.226 e. The van der Waals surface area contributed by atoms with Crippen LogP contribution in [0.1, 0.15) is 70.4 Å². The quantitative estimate of drug-likeness (QED) is 0.264. The van der Waals surface area contributed by atoms with Crippen molar-refractivity contribution in [2.45, 2.75) is 78.2 Å². The van der Waals surface area contributed by atoms with E-state index >= 15 is 0 Å². The summed E-state index contributed by atoms with van der Waals surface area (Å²) in [4.78, 5) is 27.5. The maximum atomic E-state index is 12.0. The molecule has 4 nitrogen and oxygen atoms in total. The van der Waals surface area contributed by atoms with Crippen LogP contribution in [0.25, 0.3) is 0 Å². The highest BCUT2D eigenvalue weighted by Gasteiger charge is 2.27. The summed E-state index contributed by atoms with van der Waals surface area (Å²) in [5, 5.41) is 0. The molecule has 4 rings (SSSR count). The number of carbonyl (C=O) groups is 2. The highest BCUT2D eigenvalue weighted by atomic mass is 127. The number of nitrogens with zero attached hydrogens (tertiary/aromatic N) is 2. The molecular formula is C30H43IN2O2. The lowest BCUT2D eigenvalue weighted by Gasteiger charge is -2.24. The minimum absolute atomic E-state index is 0. The van der Waals surface area contributed by atoms with E-state index in [1.54, 1.807) is 0 Å². The number of halogens is 1. The molecule has 2 aliphatic rings. The second-order valence-corrected chi connectivity index (χ2v) is 8.80. The van der Waals surface area contributed by atoms with Crippen LogP contribution in [-0.2, 0) is 22.4 Å². The summed E-state index contributed by atoms with van der Waals surface area (Å²) >= 11 is 0. The minimum Gasteiger partial charge on any atom is -0.339 e. The normalized spacial score (nSPS) is 15.6. The third-order valence-electron chi connectivity index (χ3n) is 6.25. The molecule has 1 fully saturated rings. The largest absolute Gasteiger partial charge is 0.339 e. The first kappa shape index (κ1) is 30.9. The average Bonchev–Trinajstić information content (AvgIpc) is 3.52. The van der Waals surface area contributed by atoms with Crippen LogP contribution in [0.5, 0.6) is 0 Å². The number of amides is 2. The molecule has 0 N–H and O–H groups in total. The molecule has 1 unspecified atom stereocenters. The lowest BCUT2D eigenvalue weighted by molar-refractivity contribution is -0.132. The molecule has 5 heteroatoms. The second kappa shape index (κ2) is 17.3. The van der Waals surface area contributed by atoms with Gasteiger partial charge in [-0.25, -0.2) is 0 Å². The van der Waals surface area contributed by atoms with E-state index in [1.165, 1.54) is 11.1 Å². The Balaban J connectivity index is 0.000000303. The summed E-state index contributed by atoms with van der Waals surface area (Å²) in [5.41, 5.74) is 3.74. The zero-order chi connectivity index (χ0) is 24.8. The van der Waals surface area contributed by atoms with Gasteiger partial charge in [-0.05, 0) is 55.7 Å². The van der Waals surface area contributed by atoms with E-state index in [0.29, 0.717) is 24.8 Å². The summed E-state index contributed by atoms with van der Waals surface area (Å²) < 4.78 is 0. The average molecular weight is 591 g/mol. The van der Waals surface area contributed by atoms with E-state index < -0.39 is 0 Å². The van der Waals surface area contributed by atoms with Crippen molar-refractivity contribution in [3.05, 3.63) is 78.4 Å². The number of carbonyl (C=O) groups excluding carboxylic acids is 2. The van der Waals surface area contributed by atoms with Gasteiger partial charge in [-0.2, -0.15) is 0 Å². The van der Waals surface area contributed by atoms with Gasteiger partial charge in [-0.1, -0.05) is 75.4 Å². The van der Waals surface area contributed by atoms with E-state index in [2.05, 4.69) is 55.7 Å². The van der Waals surface area contributed by atoms with Crippen LogP contribution in [0.15, 0.2) is 67.3 Å². The molecular weight excluding hydrogens is 547 g/mol. The van der Waals surface area contributed by atoms with Gasteiger partial charge in [0.1, 0.15) is 0 Å². The molecule has 2 aliphatic heterocycles. The molecule has 0 aromatic heterocycles. The van der Waals surface area contributed by atoms with E-state index in [1.807, 2.05) is 42.2 Å². The van der Waals surface area contributed by atoms with Crippen molar-refractivity contribution < 1.29 is 9.59 Å². The van der Waals surface area contributed by atoms with Crippen molar-refractivity contribution in [2.24, 2.45) is 0 Å². The molecule has 0 bridgehead atoms. The molecule has 2 aromatic rings. The van der Waals surface area contributed by atoms with Crippen LogP contribution in [0.4, 0.5) is 5.69 Å². The molecule has 2 aromatic carbocycles. The third-order valence-corrected chi connectivity index (χ3v) is 6.25. The monoisotopic (exact) mass is 590 g/mol. The lowest BCUT2D eigenvalue weighted by atomic mass is 10.0. The Hall–Kier alpha value is -2.15. The molecule has 2 amide bonds. The zero-order valence-electron chi connectivity index (χ0n) is 21.7. The predicted molar refractivity (Wildman–Crippen MR) is 158 cm³/mol. The van der Waals surface area contributed by atoms with Gasteiger partial charge < -0.3 is 9.80 Å². The highest BCUT2D eigenvalue weighted by molar-refractivity contribution is 14.0. The van der Waals surface area contributed by atoms with Gasteiger partial charge in [0, 0.05) is 37.7 Å². The smallest absolute Gasteiger partial charge is 0.226 e. The van der Waals surface area contributed by atoms with Gasteiger partial charge in [0.15, 0.2) is 0 Å². The summed E-state index contributed by atoms with van der Waals surface area (Å²) in [5.74, 6) is 0.566. The van der Waals surface area contributed by atoms with Gasteiger partial charge >= 0.3 is 0 Å². The maximum absolute atomic E-state index is 12.0. The Bertz CT molecular complexity index is 900. The zero-order valence-corrected chi connectivity index (χ0v) is 24.1. The van der Waals surface area contributed by atoms with Crippen molar-refractivity contribution in [1.82, 2.24) is 4.90 Å². The van der Waals surface area contributed by atoms with E-state index in [-0.39, 0.29) is 29.9 Å². The van der Waals surface area contributed by atoms with Crippen LogP contribution < -0.4 is 4.90 Å². The van der Waals surface area contributed by atoms with Crippen molar-refractivity contribution >= 4 is 41.5 Å². The Morgan fingerprint density at radius 1 is 0.971 bits per heavy atom. The first-order valence-corrected chi connectivity index (χ1v) is 12.9. The standard InChI is InChI=1S/C15H21NO.C11H13NO.C4H8.HI/c1-2-7-15(17)16-11-6-10-14(16)12-13-8-4-3-5-9-13;1-2-11(13)12-8-7-9-5-3-4-6-10(9)12;1-3-4-2;/h3-5,8-9,14H,2,6-7,10-12H2,1H3;3-6H,2,7-8H2,1H3;3H,1,4H2,2H3;1H. The van der Waals surface area contributed by atoms with E-state index in [0.717, 1.165) is 57.3 Å². The van der Waals surface area contributed by atoms with E-state index in [9.17, 15) is 9.59 Å². The number of rotatable bonds is 6. The Labute approximate surface area is 229 Å². The van der Waals surface area contributed by atoms with Crippen LogP contribution in [0.3, 0.4) is 0 Å². The number of fused-ring (bicyclic) bond motifs is 1. The summed E-state index contributed by atoms with van der Waals surface area (Å²) in [6.07, 6.45) is 9.53. The predicted octanol–water partition coefficient (Wildman–Crippen LogP) is 7.21. The van der Waals surface area contributed by atoms with E-state index in [4.69, 9.17) is 0 Å². The summed E-state index contributed by atoms with van der Waals surface area (Å²) in [7, 11) is 0. The number of anilines is 1. The van der Waals surface area contributed by atoms with Crippen LogP contribution >= 0.6 is 24.0 Å². The Morgan fingerprint density at radius 2 is 1.63 bits per heavy atom. The van der Waals surface area contributed by atoms with Gasteiger partial charge in [-0.15, -0.1) is 30.6 Å². The van der Waals surface area contributed by atoms with Crippen molar-refractivity contribution in [3.8, 4) is 0 Å². The first-order valence-electron chi connectivity index (χ1n) is 12.9. The number of allylic oxidation sites excluding steroid dienone is 1. The first-order chi connectivity index (χ1) is 16.5. The fourth-order valence-corrected chi connectivity index (χ4v) is 4.41. The van der Waals surface area contributed by atoms with Crippen molar-refractivity contribution in [1.29, 1.82) is 0 Å². The van der Waals surface area contributed by atoms with Gasteiger partial charge in [-0.3, -0.25) is 9.59 Å². The van der Waals surface area contributed by atoms with Crippen LogP contribution in [-0.4, -0.2) is 35.8 Å². The van der Waals surface area contributed by atoms with Gasteiger partial charge in [0.2, 0.25) is 11.8 Å². The topological polar surface area (TPSA) is 40.6 Å². The summed E-state index contributed by atoms with van der Waals surface area (Å²) in [6.45, 7) is 11.3. The molecule has 2 heterocycles. The lowest BCUT2D eigenvalue weighted by Crippen LogP contribution is -2.36. The number of likely N-dealkylation sites (tertiary alicyclic amines) is 1. The highest BCUT2D eigenvalue weighted by Crippen LogP contribution is 2.27. The fraction of sp³-hybridized carbons (Fsp3) is 0.467.